The first-order chi connectivity index (χ1) is 10.8. The van der Waals surface area contributed by atoms with Crippen LogP contribution in [0.15, 0.2) is 36.4 Å². The second-order valence-corrected chi connectivity index (χ2v) is 6.65. The number of allylic oxidation sites excluding steroid dienone is 1. The molecular weight excluding hydrogens is 292 g/mol. The second kappa shape index (κ2) is 4.69. The largest absolute Gasteiger partial charge is 0.452 e. The molecule has 2 amide bonds. The first-order valence-electron chi connectivity index (χ1n) is 7.42. The summed E-state index contributed by atoms with van der Waals surface area (Å²) < 4.78 is 4.79. The molecular formula is C18H18N2O3. The number of methoxy groups -OCH3 is 1. The fourth-order valence-corrected chi connectivity index (χ4v) is 4.19. The van der Waals surface area contributed by atoms with Crippen LogP contribution in [0.2, 0.25) is 0 Å². The molecule has 1 aromatic rings. The van der Waals surface area contributed by atoms with Gasteiger partial charge in [0.1, 0.15) is 0 Å². The van der Waals surface area contributed by atoms with Crippen molar-refractivity contribution in [1.29, 1.82) is 5.26 Å². The van der Waals surface area contributed by atoms with E-state index in [1.54, 1.807) is 12.1 Å². The summed E-state index contributed by atoms with van der Waals surface area (Å²) in [6.45, 7) is 7.80. The molecule has 1 aliphatic carbocycles. The molecule has 0 bridgehead atoms. The molecule has 0 unspecified atom stereocenters. The molecule has 0 saturated heterocycles. The summed E-state index contributed by atoms with van der Waals surface area (Å²) in [5.41, 5.74) is 0.389. The maximum atomic E-state index is 13.3. The zero-order chi connectivity index (χ0) is 17.0. The molecule has 1 aliphatic heterocycles. The van der Waals surface area contributed by atoms with E-state index in [4.69, 9.17) is 4.74 Å². The summed E-state index contributed by atoms with van der Waals surface area (Å²) in [4.78, 5) is 26.5. The molecule has 1 saturated carbocycles. The molecule has 2 atom stereocenters. The van der Waals surface area contributed by atoms with Crippen LogP contribution in [0.25, 0.3) is 0 Å². The van der Waals surface area contributed by atoms with E-state index in [1.165, 1.54) is 7.11 Å². The third-order valence-electron chi connectivity index (χ3n) is 5.38. The normalized spacial score (nSPS) is 27.9. The number of hydrogen-bond acceptors (Lipinski definition) is 4. The van der Waals surface area contributed by atoms with Crippen LogP contribution in [0.3, 0.4) is 0 Å². The minimum atomic E-state index is -0.963. The van der Waals surface area contributed by atoms with Crippen molar-refractivity contribution in [3.63, 3.8) is 0 Å². The Morgan fingerprint density at radius 3 is 2.65 bits per heavy atom. The number of rotatable bonds is 0. The molecule has 2 aliphatic rings. The first-order valence-corrected chi connectivity index (χ1v) is 7.42. The summed E-state index contributed by atoms with van der Waals surface area (Å²) >= 11 is 0. The van der Waals surface area contributed by atoms with Gasteiger partial charge >= 0.3 is 6.09 Å². The highest BCUT2D eigenvalue weighted by Gasteiger charge is 2.67. The smallest absolute Gasteiger partial charge is 0.420 e. The van der Waals surface area contributed by atoms with Crippen molar-refractivity contribution in [2.45, 2.75) is 25.7 Å². The van der Waals surface area contributed by atoms with Gasteiger partial charge in [-0.2, -0.15) is 5.26 Å². The third kappa shape index (κ3) is 1.61. The second-order valence-electron chi connectivity index (χ2n) is 6.65. The van der Waals surface area contributed by atoms with Crippen LogP contribution in [0, 0.1) is 22.7 Å². The number of para-hydroxylation sites is 1. The van der Waals surface area contributed by atoms with E-state index in [9.17, 15) is 14.9 Å². The SMILES string of the molecule is C=C1C[C@]2(C(=O)N(C(=O)OC)c3ccccc32)C(C)(C)[C@@H]1C#N. The lowest BCUT2D eigenvalue weighted by molar-refractivity contribution is -0.126. The lowest BCUT2D eigenvalue weighted by Crippen LogP contribution is -2.50. The number of fused-ring (bicyclic) bond motifs is 2. The number of nitriles is 1. The van der Waals surface area contributed by atoms with E-state index >= 15 is 0 Å². The molecule has 23 heavy (non-hydrogen) atoms. The highest BCUT2D eigenvalue weighted by atomic mass is 16.5. The van der Waals surface area contributed by atoms with Gasteiger partial charge in [-0.3, -0.25) is 4.79 Å². The molecule has 1 spiro atoms. The summed E-state index contributed by atoms with van der Waals surface area (Å²) in [7, 11) is 1.25. The van der Waals surface area contributed by atoms with Crippen LogP contribution < -0.4 is 4.90 Å². The Bertz CT molecular complexity index is 775. The van der Waals surface area contributed by atoms with Gasteiger partial charge in [0.15, 0.2) is 0 Å². The standard InChI is InChI=1S/C18H18N2O3/c1-11-9-18(17(2,3)13(11)10-19)12-7-5-6-8-14(12)20(15(18)21)16(22)23-4/h5-8,13H,1,9H2,2-4H3/t13-,18+/m1/s1. The van der Waals surface area contributed by atoms with Crippen molar-refractivity contribution in [3.8, 4) is 6.07 Å². The molecule has 0 N–H and O–H groups in total. The van der Waals surface area contributed by atoms with Gasteiger partial charge in [-0.25, -0.2) is 9.69 Å². The van der Waals surface area contributed by atoms with Crippen molar-refractivity contribution in [2.75, 3.05) is 12.0 Å². The predicted octanol–water partition coefficient (Wildman–Crippen LogP) is 3.16. The number of carbonyl (C=O) groups excluding carboxylic acids is 2. The van der Waals surface area contributed by atoms with Gasteiger partial charge in [-0.15, -0.1) is 0 Å². The van der Waals surface area contributed by atoms with E-state index in [-0.39, 0.29) is 5.91 Å². The number of hydrogen-bond donors (Lipinski definition) is 0. The predicted molar refractivity (Wildman–Crippen MR) is 84.7 cm³/mol. The minimum Gasteiger partial charge on any atom is -0.452 e. The number of ether oxygens (including phenoxy) is 1. The molecule has 1 heterocycles. The van der Waals surface area contributed by atoms with Gasteiger partial charge in [-0.05, 0) is 18.1 Å². The van der Waals surface area contributed by atoms with Crippen molar-refractivity contribution in [1.82, 2.24) is 0 Å². The maximum absolute atomic E-state index is 13.3. The molecule has 1 fully saturated rings. The molecule has 3 rings (SSSR count). The van der Waals surface area contributed by atoms with Gasteiger partial charge in [0.2, 0.25) is 5.91 Å². The fraction of sp³-hybridized carbons (Fsp3) is 0.389. The number of amides is 2. The van der Waals surface area contributed by atoms with Gasteiger partial charge < -0.3 is 4.74 Å². The van der Waals surface area contributed by atoms with Crippen molar-refractivity contribution < 1.29 is 14.3 Å². The highest BCUT2D eigenvalue weighted by Crippen LogP contribution is 2.63. The number of imide groups is 1. The number of benzene rings is 1. The van der Waals surface area contributed by atoms with Gasteiger partial charge in [-0.1, -0.05) is 44.2 Å². The monoisotopic (exact) mass is 310 g/mol. The zero-order valence-corrected chi connectivity index (χ0v) is 13.4. The average Bonchev–Trinajstić information content (AvgIpc) is 2.89. The van der Waals surface area contributed by atoms with Crippen LogP contribution in [0.1, 0.15) is 25.8 Å². The third-order valence-corrected chi connectivity index (χ3v) is 5.38. The van der Waals surface area contributed by atoms with Crippen LogP contribution in [0.5, 0.6) is 0 Å². The molecule has 5 nitrogen and oxygen atoms in total. The average molecular weight is 310 g/mol. The van der Waals surface area contributed by atoms with Crippen molar-refractivity contribution >= 4 is 17.7 Å². The van der Waals surface area contributed by atoms with Gasteiger partial charge in [0, 0.05) is 5.41 Å². The van der Waals surface area contributed by atoms with Crippen molar-refractivity contribution in [2.24, 2.45) is 11.3 Å². The lowest BCUT2D eigenvalue weighted by Gasteiger charge is -2.38. The molecule has 118 valence electrons. The van der Waals surface area contributed by atoms with Crippen LogP contribution >= 0.6 is 0 Å². The van der Waals surface area contributed by atoms with Crippen LogP contribution in [-0.2, 0) is 14.9 Å². The summed E-state index contributed by atoms with van der Waals surface area (Å²) in [5, 5.41) is 9.54. The zero-order valence-electron chi connectivity index (χ0n) is 13.4. The van der Waals surface area contributed by atoms with Crippen LogP contribution in [-0.4, -0.2) is 19.1 Å². The van der Waals surface area contributed by atoms with E-state index in [0.29, 0.717) is 12.1 Å². The van der Waals surface area contributed by atoms with Crippen LogP contribution in [0.4, 0.5) is 10.5 Å². The van der Waals surface area contributed by atoms with E-state index in [1.807, 2.05) is 26.0 Å². The summed E-state index contributed by atoms with van der Waals surface area (Å²) in [5.74, 6) is -0.786. The van der Waals surface area contributed by atoms with Gasteiger partial charge in [0.25, 0.3) is 0 Å². The molecule has 0 radical (unpaired) electrons. The van der Waals surface area contributed by atoms with E-state index in [2.05, 4.69) is 12.6 Å². The van der Waals surface area contributed by atoms with Crippen molar-refractivity contribution in [3.05, 3.63) is 42.0 Å². The molecule has 5 heteroatoms. The topological polar surface area (TPSA) is 70.4 Å². The number of carbonyl (C=O) groups is 2. The van der Waals surface area contributed by atoms with Gasteiger partial charge in [0.05, 0.1) is 30.2 Å². The maximum Gasteiger partial charge on any atom is 0.420 e. The summed E-state index contributed by atoms with van der Waals surface area (Å²) in [6, 6.07) is 9.48. The lowest BCUT2D eigenvalue weighted by atomic mass is 9.62. The summed E-state index contributed by atoms with van der Waals surface area (Å²) in [6.07, 6.45) is -0.345. The molecule has 0 aromatic heterocycles. The Morgan fingerprint density at radius 2 is 2.09 bits per heavy atom. The first kappa shape index (κ1) is 15.3. The Labute approximate surface area is 135 Å². The Morgan fingerprint density at radius 1 is 1.43 bits per heavy atom. The fourth-order valence-electron chi connectivity index (χ4n) is 4.19. The Kier molecular flexibility index (Phi) is 3.12. The Hall–Kier alpha value is -2.61. The quantitative estimate of drug-likeness (QED) is 0.690. The van der Waals surface area contributed by atoms with E-state index < -0.39 is 22.8 Å². The number of nitrogens with zero attached hydrogens (tertiary/aromatic N) is 2. The number of anilines is 1. The Balaban J connectivity index is 2.30. The van der Waals surface area contributed by atoms with E-state index in [0.717, 1.165) is 16.0 Å². The highest BCUT2D eigenvalue weighted by molar-refractivity contribution is 6.21. The molecule has 1 aromatic carbocycles. The minimum absolute atomic E-state index is 0.338.